The molecule has 2 aliphatic heterocycles. The third kappa shape index (κ3) is 5.20. The quantitative estimate of drug-likeness (QED) is 0.736. The van der Waals surface area contributed by atoms with Gasteiger partial charge in [-0.2, -0.15) is 5.10 Å². The van der Waals surface area contributed by atoms with Crippen molar-refractivity contribution in [3.05, 3.63) is 39.3 Å². The SMILES string of the molecule is O=C(NCC1CCCCN1CCn1nc2c(cc1=O)COCC2)Nc1nccs1. The lowest BCUT2D eigenvalue weighted by atomic mass is 10.0. The van der Waals surface area contributed by atoms with Gasteiger partial charge >= 0.3 is 6.03 Å². The van der Waals surface area contributed by atoms with E-state index in [4.69, 9.17) is 4.74 Å². The van der Waals surface area contributed by atoms with Crippen molar-refractivity contribution in [2.24, 2.45) is 0 Å². The molecule has 2 aliphatic rings. The van der Waals surface area contributed by atoms with Crippen molar-refractivity contribution in [2.45, 2.75) is 44.9 Å². The van der Waals surface area contributed by atoms with Crippen LogP contribution in [0.1, 0.15) is 30.5 Å². The normalized spacial score (nSPS) is 19.5. The standard InChI is InChI=1S/C19H26N6O3S/c26-17-11-14-13-28-9-4-16(14)23-25(17)8-7-24-6-2-1-3-15(24)12-21-18(27)22-19-20-5-10-29-19/h5,10-11,15H,1-4,6-9,12-13H2,(H2,20,21,22,27). The van der Waals surface area contributed by atoms with Crippen LogP contribution in [0.3, 0.4) is 0 Å². The molecule has 0 radical (unpaired) electrons. The van der Waals surface area contributed by atoms with Crippen LogP contribution in [-0.4, -0.2) is 58.0 Å². The van der Waals surface area contributed by atoms with Crippen LogP contribution in [0.25, 0.3) is 0 Å². The number of hydrogen-bond donors (Lipinski definition) is 2. The van der Waals surface area contributed by atoms with E-state index < -0.39 is 0 Å². The predicted molar refractivity (Wildman–Crippen MR) is 110 cm³/mol. The van der Waals surface area contributed by atoms with E-state index >= 15 is 0 Å². The maximum atomic E-state index is 12.4. The van der Waals surface area contributed by atoms with E-state index in [1.54, 1.807) is 16.9 Å². The van der Waals surface area contributed by atoms with E-state index in [9.17, 15) is 9.59 Å². The van der Waals surface area contributed by atoms with Crippen LogP contribution in [-0.2, 0) is 24.3 Å². The molecule has 156 valence electrons. The van der Waals surface area contributed by atoms with Crippen LogP contribution < -0.4 is 16.2 Å². The van der Waals surface area contributed by atoms with E-state index in [-0.39, 0.29) is 17.6 Å². The maximum Gasteiger partial charge on any atom is 0.321 e. The van der Waals surface area contributed by atoms with Crippen molar-refractivity contribution in [2.75, 3.05) is 31.6 Å². The van der Waals surface area contributed by atoms with Crippen molar-refractivity contribution >= 4 is 22.5 Å². The molecule has 2 aromatic heterocycles. The van der Waals surface area contributed by atoms with Crippen LogP contribution in [0.4, 0.5) is 9.93 Å². The number of carbonyl (C=O) groups excluding carboxylic acids is 1. The van der Waals surface area contributed by atoms with E-state index in [1.165, 1.54) is 11.3 Å². The van der Waals surface area contributed by atoms with Crippen LogP contribution in [0.2, 0.25) is 0 Å². The highest BCUT2D eigenvalue weighted by molar-refractivity contribution is 7.13. The third-order valence-electron chi connectivity index (χ3n) is 5.40. The second kappa shape index (κ2) is 9.47. The Morgan fingerprint density at radius 3 is 3.14 bits per heavy atom. The van der Waals surface area contributed by atoms with Gasteiger partial charge in [-0.25, -0.2) is 14.5 Å². The van der Waals surface area contributed by atoms with Crippen LogP contribution in [0, 0.1) is 0 Å². The van der Waals surface area contributed by atoms with E-state index in [0.29, 0.717) is 31.4 Å². The molecule has 2 amide bonds. The maximum absolute atomic E-state index is 12.4. The lowest BCUT2D eigenvalue weighted by molar-refractivity contribution is 0.107. The molecule has 29 heavy (non-hydrogen) atoms. The van der Waals surface area contributed by atoms with Gasteiger partial charge in [0, 0.05) is 48.8 Å². The van der Waals surface area contributed by atoms with Crippen molar-refractivity contribution < 1.29 is 9.53 Å². The number of thiazole rings is 1. The number of aromatic nitrogens is 3. The van der Waals surface area contributed by atoms with Crippen molar-refractivity contribution in [1.82, 2.24) is 25.0 Å². The van der Waals surface area contributed by atoms with Gasteiger partial charge in [-0.05, 0) is 19.4 Å². The smallest absolute Gasteiger partial charge is 0.321 e. The number of anilines is 1. The molecule has 1 unspecified atom stereocenters. The van der Waals surface area contributed by atoms with Gasteiger partial charge in [-0.15, -0.1) is 11.3 Å². The molecule has 4 rings (SSSR count). The molecule has 9 nitrogen and oxygen atoms in total. The second-order valence-electron chi connectivity index (χ2n) is 7.34. The Morgan fingerprint density at radius 1 is 1.34 bits per heavy atom. The Labute approximate surface area is 173 Å². The predicted octanol–water partition coefficient (Wildman–Crippen LogP) is 1.45. The number of urea groups is 1. The van der Waals surface area contributed by atoms with Gasteiger partial charge < -0.3 is 10.1 Å². The summed E-state index contributed by atoms with van der Waals surface area (Å²) in [7, 11) is 0. The summed E-state index contributed by atoms with van der Waals surface area (Å²) in [6.07, 6.45) is 5.72. The first-order chi connectivity index (χ1) is 14.2. The zero-order valence-corrected chi connectivity index (χ0v) is 17.1. The van der Waals surface area contributed by atoms with Crippen molar-refractivity contribution in [3.63, 3.8) is 0 Å². The first kappa shape index (κ1) is 20.0. The summed E-state index contributed by atoms with van der Waals surface area (Å²) in [6.45, 7) is 3.95. The molecular formula is C19H26N6O3S. The van der Waals surface area contributed by atoms with Crippen molar-refractivity contribution in [3.8, 4) is 0 Å². The molecule has 10 heteroatoms. The fourth-order valence-electron chi connectivity index (χ4n) is 3.86. The molecule has 1 saturated heterocycles. The number of hydrogen-bond acceptors (Lipinski definition) is 7. The largest absolute Gasteiger partial charge is 0.376 e. The number of nitrogens with one attached hydrogen (secondary N) is 2. The molecule has 0 aliphatic carbocycles. The summed E-state index contributed by atoms with van der Waals surface area (Å²) in [5.41, 5.74) is 1.79. The first-order valence-corrected chi connectivity index (χ1v) is 10.9. The zero-order chi connectivity index (χ0) is 20.1. The molecule has 0 saturated carbocycles. The first-order valence-electron chi connectivity index (χ1n) is 10.0. The summed E-state index contributed by atoms with van der Waals surface area (Å²) in [5.74, 6) is 0. The fourth-order valence-corrected chi connectivity index (χ4v) is 4.38. The molecule has 0 spiro atoms. The van der Waals surface area contributed by atoms with Crippen LogP contribution in [0.15, 0.2) is 22.4 Å². The highest BCUT2D eigenvalue weighted by atomic mass is 32.1. The lowest BCUT2D eigenvalue weighted by Crippen LogP contribution is -2.48. The van der Waals surface area contributed by atoms with Crippen LogP contribution >= 0.6 is 11.3 Å². The second-order valence-corrected chi connectivity index (χ2v) is 8.23. The summed E-state index contributed by atoms with van der Waals surface area (Å²) in [6, 6.07) is 1.67. The number of piperidine rings is 1. The Bertz CT molecular complexity index is 885. The van der Waals surface area contributed by atoms with E-state index in [0.717, 1.165) is 50.0 Å². The summed E-state index contributed by atoms with van der Waals surface area (Å²) in [5, 5.41) is 12.7. The minimum atomic E-state index is -0.236. The summed E-state index contributed by atoms with van der Waals surface area (Å²) in [4.78, 5) is 30.9. The number of amides is 2. The number of fused-ring (bicyclic) bond motifs is 1. The molecule has 1 fully saturated rings. The molecular weight excluding hydrogens is 392 g/mol. The summed E-state index contributed by atoms with van der Waals surface area (Å²) >= 11 is 1.39. The third-order valence-corrected chi connectivity index (χ3v) is 6.09. The highest BCUT2D eigenvalue weighted by Crippen LogP contribution is 2.17. The van der Waals surface area contributed by atoms with Gasteiger partial charge in [0.1, 0.15) is 0 Å². The van der Waals surface area contributed by atoms with Crippen molar-refractivity contribution in [1.29, 1.82) is 0 Å². The number of likely N-dealkylation sites (tertiary alicyclic amines) is 1. The Kier molecular flexibility index (Phi) is 6.53. The summed E-state index contributed by atoms with van der Waals surface area (Å²) < 4.78 is 6.97. The minimum absolute atomic E-state index is 0.0799. The number of nitrogens with zero attached hydrogens (tertiary/aromatic N) is 4. The zero-order valence-electron chi connectivity index (χ0n) is 16.3. The van der Waals surface area contributed by atoms with Crippen LogP contribution in [0.5, 0.6) is 0 Å². The number of carbonyl (C=O) groups is 1. The molecule has 1 atom stereocenters. The topological polar surface area (TPSA) is 101 Å². The average Bonchev–Trinajstić information content (AvgIpc) is 3.24. The molecule has 4 heterocycles. The highest BCUT2D eigenvalue weighted by Gasteiger charge is 2.23. The Hall–Kier alpha value is -2.30. The van der Waals surface area contributed by atoms with E-state index in [1.807, 2.05) is 5.38 Å². The Balaban J connectivity index is 1.32. The number of rotatable bonds is 6. The molecule has 2 aromatic rings. The molecule has 2 N–H and O–H groups in total. The number of ether oxygens (including phenoxy) is 1. The van der Waals surface area contributed by atoms with Gasteiger partial charge in [-0.3, -0.25) is 15.0 Å². The molecule has 0 bridgehead atoms. The average molecular weight is 419 g/mol. The fraction of sp³-hybridized carbons (Fsp3) is 0.579. The van der Waals surface area contributed by atoms with E-state index in [2.05, 4.69) is 25.6 Å². The van der Waals surface area contributed by atoms with Gasteiger partial charge in [0.05, 0.1) is 25.5 Å². The molecule has 0 aromatic carbocycles. The van der Waals surface area contributed by atoms with Gasteiger partial charge in [0.2, 0.25) is 0 Å². The Morgan fingerprint density at radius 2 is 2.28 bits per heavy atom. The lowest BCUT2D eigenvalue weighted by Gasteiger charge is -2.35. The van der Waals surface area contributed by atoms with Gasteiger partial charge in [0.25, 0.3) is 5.56 Å². The minimum Gasteiger partial charge on any atom is -0.376 e. The van der Waals surface area contributed by atoms with Gasteiger partial charge in [-0.1, -0.05) is 6.42 Å². The monoisotopic (exact) mass is 418 g/mol. The van der Waals surface area contributed by atoms with Gasteiger partial charge in [0.15, 0.2) is 5.13 Å².